The second-order valence-corrected chi connectivity index (χ2v) is 4.35. The Hall–Kier alpha value is -2.31. The standard InChI is InChI=1S/C14H19NO6/c1-4-19-13(17)9-15(3)12(16)7-8-20-14(18)11-6-5-10(2)21-11/h5-6H,4,7-9H2,1-3H3. The van der Waals surface area contributed by atoms with Crippen LogP contribution in [0, 0.1) is 6.92 Å². The van der Waals surface area contributed by atoms with Gasteiger partial charge in [0.2, 0.25) is 11.7 Å². The second kappa shape index (κ2) is 8.08. The van der Waals surface area contributed by atoms with Gasteiger partial charge in [0.15, 0.2) is 0 Å². The van der Waals surface area contributed by atoms with Crippen molar-refractivity contribution in [3.8, 4) is 0 Å². The number of carbonyl (C=O) groups excluding carboxylic acids is 3. The highest BCUT2D eigenvalue weighted by Gasteiger charge is 2.16. The number of furan rings is 1. The van der Waals surface area contributed by atoms with Crippen molar-refractivity contribution in [3.63, 3.8) is 0 Å². The normalized spacial score (nSPS) is 10.0. The fraction of sp³-hybridized carbons (Fsp3) is 0.500. The molecule has 21 heavy (non-hydrogen) atoms. The van der Waals surface area contributed by atoms with E-state index in [9.17, 15) is 14.4 Å². The molecule has 1 heterocycles. The first-order valence-corrected chi connectivity index (χ1v) is 6.57. The molecule has 1 aromatic rings. The van der Waals surface area contributed by atoms with E-state index in [-0.39, 0.29) is 37.8 Å². The van der Waals surface area contributed by atoms with E-state index < -0.39 is 11.9 Å². The topological polar surface area (TPSA) is 86.0 Å². The van der Waals surface area contributed by atoms with Crippen molar-refractivity contribution in [2.24, 2.45) is 0 Å². The molecule has 0 atom stereocenters. The van der Waals surface area contributed by atoms with Crippen molar-refractivity contribution in [2.45, 2.75) is 20.3 Å². The Morgan fingerprint density at radius 2 is 1.95 bits per heavy atom. The number of likely N-dealkylation sites (N-methyl/N-ethyl adjacent to an activating group) is 1. The fourth-order valence-electron chi connectivity index (χ4n) is 1.53. The molecule has 0 saturated heterocycles. The molecule has 7 heteroatoms. The average molecular weight is 297 g/mol. The molecule has 0 aliphatic heterocycles. The molecule has 7 nitrogen and oxygen atoms in total. The zero-order valence-electron chi connectivity index (χ0n) is 12.4. The van der Waals surface area contributed by atoms with Crippen LogP contribution in [-0.4, -0.2) is 49.6 Å². The average Bonchev–Trinajstić information content (AvgIpc) is 2.85. The van der Waals surface area contributed by atoms with Crippen LogP contribution < -0.4 is 0 Å². The summed E-state index contributed by atoms with van der Waals surface area (Å²) in [7, 11) is 1.48. The Balaban J connectivity index is 2.29. The van der Waals surface area contributed by atoms with Gasteiger partial charge in [-0.15, -0.1) is 0 Å². The smallest absolute Gasteiger partial charge is 0.374 e. The first kappa shape index (κ1) is 16.7. The van der Waals surface area contributed by atoms with Gasteiger partial charge in [-0.25, -0.2) is 4.79 Å². The Kier molecular flexibility index (Phi) is 6.45. The molecule has 0 spiro atoms. The van der Waals surface area contributed by atoms with Gasteiger partial charge in [-0.05, 0) is 26.0 Å². The first-order chi connectivity index (χ1) is 9.93. The van der Waals surface area contributed by atoms with E-state index in [1.165, 1.54) is 18.0 Å². The zero-order valence-corrected chi connectivity index (χ0v) is 12.4. The monoisotopic (exact) mass is 297 g/mol. The molecule has 0 aliphatic rings. The summed E-state index contributed by atoms with van der Waals surface area (Å²) < 4.78 is 14.8. The number of esters is 2. The minimum atomic E-state index is -0.621. The van der Waals surface area contributed by atoms with E-state index in [0.717, 1.165) is 0 Å². The third-order valence-corrected chi connectivity index (χ3v) is 2.59. The van der Waals surface area contributed by atoms with Crippen LogP contribution in [0.3, 0.4) is 0 Å². The molecule has 0 radical (unpaired) electrons. The minimum absolute atomic E-state index is 0.0126. The maximum Gasteiger partial charge on any atom is 0.374 e. The second-order valence-electron chi connectivity index (χ2n) is 4.35. The summed E-state index contributed by atoms with van der Waals surface area (Å²) in [6, 6.07) is 3.15. The van der Waals surface area contributed by atoms with E-state index in [0.29, 0.717) is 5.76 Å². The highest BCUT2D eigenvalue weighted by Crippen LogP contribution is 2.08. The maximum atomic E-state index is 11.7. The summed E-state index contributed by atoms with van der Waals surface area (Å²) in [6.07, 6.45) is -0.0126. The number of ether oxygens (including phenoxy) is 2. The van der Waals surface area contributed by atoms with Crippen molar-refractivity contribution >= 4 is 17.8 Å². The number of nitrogens with zero attached hydrogens (tertiary/aromatic N) is 1. The van der Waals surface area contributed by atoms with Gasteiger partial charge in [-0.2, -0.15) is 0 Å². The minimum Gasteiger partial charge on any atom is -0.465 e. The van der Waals surface area contributed by atoms with E-state index in [4.69, 9.17) is 13.9 Å². The SMILES string of the molecule is CCOC(=O)CN(C)C(=O)CCOC(=O)c1ccc(C)o1. The van der Waals surface area contributed by atoms with Gasteiger partial charge < -0.3 is 18.8 Å². The Morgan fingerprint density at radius 3 is 2.52 bits per heavy atom. The molecular formula is C14H19NO6. The number of aryl methyl sites for hydroxylation is 1. The Morgan fingerprint density at radius 1 is 1.24 bits per heavy atom. The lowest BCUT2D eigenvalue weighted by atomic mass is 10.4. The largest absolute Gasteiger partial charge is 0.465 e. The molecule has 1 aromatic heterocycles. The van der Waals surface area contributed by atoms with Gasteiger partial charge >= 0.3 is 11.9 Å². The summed E-state index contributed by atoms with van der Waals surface area (Å²) in [5, 5.41) is 0. The molecule has 0 bridgehead atoms. The summed E-state index contributed by atoms with van der Waals surface area (Å²) >= 11 is 0. The van der Waals surface area contributed by atoms with E-state index in [1.54, 1.807) is 19.9 Å². The van der Waals surface area contributed by atoms with Gasteiger partial charge in [0.1, 0.15) is 18.9 Å². The maximum absolute atomic E-state index is 11.7. The van der Waals surface area contributed by atoms with Crippen molar-refractivity contribution in [1.29, 1.82) is 0 Å². The van der Waals surface area contributed by atoms with Crippen LogP contribution in [0.15, 0.2) is 16.5 Å². The van der Waals surface area contributed by atoms with Crippen LogP contribution in [-0.2, 0) is 19.1 Å². The molecule has 1 rings (SSSR count). The zero-order chi connectivity index (χ0) is 15.8. The van der Waals surface area contributed by atoms with Crippen LogP contribution in [0.25, 0.3) is 0 Å². The van der Waals surface area contributed by atoms with Crippen LogP contribution in [0.2, 0.25) is 0 Å². The summed E-state index contributed by atoms with van der Waals surface area (Å²) in [5.41, 5.74) is 0. The van der Waals surface area contributed by atoms with Crippen molar-refractivity contribution in [2.75, 3.05) is 26.8 Å². The van der Waals surface area contributed by atoms with Gasteiger partial charge in [0.25, 0.3) is 0 Å². The lowest BCUT2D eigenvalue weighted by molar-refractivity contribution is -0.148. The van der Waals surface area contributed by atoms with E-state index >= 15 is 0 Å². The van der Waals surface area contributed by atoms with Gasteiger partial charge in [-0.1, -0.05) is 0 Å². The predicted molar refractivity (Wildman–Crippen MR) is 72.6 cm³/mol. The van der Waals surface area contributed by atoms with Crippen LogP contribution in [0.4, 0.5) is 0 Å². The van der Waals surface area contributed by atoms with E-state index in [2.05, 4.69) is 0 Å². The highest BCUT2D eigenvalue weighted by atomic mass is 16.5. The van der Waals surface area contributed by atoms with Crippen LogP contribution >= 0.6 is 0 Å². The van der Waals surface area contributed by atoms with Crippen LogP contribution in [0.5, 0.6) is 0 Å². The molecule has 0 fully saturated rings. The molecular weight excluding hydrogens is 278 g/mol. The van der Waals surface area contributed by atoms with E-state index in [1.807, 2.05) is 0 Å². The van der Waals surface area contributed by atoms with Crippen molar-refractivity contribution in [1.82, 2.24) is 4.90 Å². The van der Waals surface area contributed by atoms with Gasteiger partial charge in [0, 0.05) is 7.05 Å². The summed E-state index contributed by atoms with van der Waals surface area (Å²) in [6.45, 7) is 3.46. The lowest BCUT2D eigenvalue weighted by Crippen LogP contribution is -2.33. The molecule has 0 saturated carbocycles. The third-order valence-electron chi connectivity index (χ3n) is 2.59. The fourth-order valence-corrected chi connectivity index (χ4v) is 1.53. The molecule has 0 unspecified atom stereocenters. The predicted octanol–water partition coefficient (Wildman–Crippen LogP) is 1.16. The molecule has 0 aliphatic carbocycles. The molecule has 1 amide bonds. The van der Waals surface area contributed by atoms with Crippen LogP contribution in [0.1, 0.15) is 29.7 Å². The number of hydrogen-bond donors (Lipinski definition) is 0. The number of hydrogen-bond acceptors (Lipinski definition) is 6. The number of rotatable bonds is 7. The first-order valence-electron chi connectivity index (χ1n) is 6.57. The lowest BCUT2D eigenvalue weighted by Gasteiger charge is -2.15. The van der Waals surface area contributed by atoms with Crippen molar-refractivity contribution in [3.05, 3.63) is 23.7 Å². The third kappa shape index (κ3) is 5.68. The number of carbonyl (C=O) groups is 3. The number of amides is 1. The van der Waals surface area contributed by atoms with Gasteiger partial charge in [-0.3, -0.25) is 9.59 Å². The highest BCUT2D eigenvalue weighted by molar-refractivity contribution is 5.86. The molecule has 0 aromatic carbocycles. The Labute approximate surface area is 122 Å². The van der Waals surface area contributed by atoms with Gasteiger partial charge in [0.05, 0.1) is 13.0 Å². The molecule has 0 N–H and O–H groups in total. The van der Waals surface area contributed by atoms with Crippen molar-refractivity contribution < 1.29 is 28.3 Å². The quantitative estimate of drug-likeness (QED) is 0.702. The molecule has 116 valence electrons. The Bertz CT molecular complexity index is 507. The summed E-state index contributed by atoms with van der Waals surface area (Å²) in [4.78, 5) is 35.7. The summed E-state index contributed by atoms with van der Waals surface area (Å²) in [5.74, 6) is -0.709.